The average molecular weight is 131 g/mol. The summed E-state index contributed by atoms with van der Waals surface area (Å²) >= 11 is 5.51. The van der Waals surface area contributed by atoms with E-state index in [0.29, 0.717) is 5.22 Å². The Kier molecular flexibility index (Phi) is 1.59. The molecule has 0 N–H and O–H groups in total. The summed E-state index contributed by atoms with van der Waals surface area (Å²) in [6.07, 6.45) is 4.70. The van der Waals surface area contributed by atoms with Crippen LogP contribution in [0.25, 0.3) is 0 Å². The average Bonchev–Trinajstić information content (AvgIpc) is 1.64. The molecule has 0 spiro atoms. The highest BCUT2D eigenvalue weighted by molar-refractivity contribution is 6.28. The molecule has 0 aliphatic carbocycles. The minimum atomic E-state index is 0.491. The number of ether oxygens (including phenoxy) is 1. The van der Waals surface area contributed by atoms with Gasteiger partial charge in [0.1, 0.15) is 0 Å². The summed E-state index contributed by atoms with van der Waals surface area (Å²) in [4.78, 5) is 0. The van der Waals surface area contributed by atoms with Crippen molar-refractivity contribution in [2.45, 2.75) is 13.3 Å². The molecule has 0 bridgehead atoms. The Balaban J connectivity index is 2.57. The fourth-order valence-electron chi connectivity index (χ4n) is 0.555. The molecule has 1 rings (SSSR count). The fourth-order valence-corrected chi connectivity index (χ4v) is 0.765. The van der Waals surface area contributed by atoms with Crippen LogP contribution >= 0.6 is 11.6 Å². The van der Waals surface area contributed by atoms with Crippen LogP contribution < -0.4 is 0 Å². The van der Waals surface area contributed by atoms with Crippen molar-refractivity contribution in [1.82, 2.24) is 0 Å². The minimum Gasteiger partial charge on any atom is -0.451 e. The van der Waals surface area contributed by atoms with Crippen LogP contribution in [0.15, 0.2) is 23.1 Å². The van der Waals surface area contributed by atoms with Gasteiger partial charge in [0.15, 0.2) is 5.22 Å². The van der Waals surface area contributed by atoms with Crippen molar-refractivity contribution in [2.24, 2.45) is 0 Å². The van der Waals surface area contributed by atoms with Gasteiger partial charge in [-0.25, -0.2) is 0 Å². The molecule has 0 saturated heterocycles. The van der Waals surface area contributed by atoms with E-state index in [1.54, 1.807) is 0 Å². The van der Waals surface area contributed by atoms with Gasteiger partial charge in [0.2, 0.25) is 0 Å². The predicted octanol–water partition coefficient (Wildman–Crippen LogP) is 2.39. The molecule has 0 aromatic heterocycles. The lowest BCUT2D eigenvalue weighted by molar-refractivity contribution is 0.328. The van der Waals surface area contributed by atoms with E-state index in [4.69, 9.17) is 16.3 Å². The molecule has 8 heavy (non-hydrogen) atoms. The minimum absolute atomic E-state index is 0.491. The molecule has 0 saturated carbocycles. The largest absolute Gasteiger partial charge is 0.451 e. The summed E-state index contributed by atoms with van der Waals surface area (Å²) < 4.78 is 4.97. The lowest BCUT2D eigenvalue weighted by Crippen LogP contribution is -1.87. The Morgan fingerprint density at radius 2 is 2.38 bits per heavy atom. The molecule has 0 atom stereocenters. The van der Waals surface area contributed by atoms with Gasteiger partial charge >= 0.3 is 0 Å². The maximum atomic E-state index is 5.51. The molecule has 44 valence electrons. The third-order valence-electron chi connectivity index (χ3n) is 0.942. The summed E-state index contributed by atoms with van der Waals surface area (Å²) in [5.74, 6) is 0.887. The first kappa shape index (κ1) is 5.70. The summed E-state index contributed by atoms with van der Waals surface area (Å²) in [6, 6.07) is 0. The van der Waals surface area contributed by atoms with Gasteiger partial charge in [-0.1, -0.05) is 0 Å². The zero-order chi connectivity index (χ0) is 5.98. The van der Waals surface area contributed by atoms with Crippen LogP contribution in [-0.2, 0) is 4.74 Å². The monoisotopic (exact) mass is 130 g/mol. The molecule has 1 aliphatic heterocycles. The molecule has 1 heterocycles. The van der Waals surface area contributed by atoms with E-state index in [9.17, 15) is 0 Å². The Bertz CT molecular complexity index is 131. The van der Waals surface area contributed by atoms with Gasteiger partial charge in [0.05, 0.1) is 5.76 Å². The quantitative estimate of drug-likeness (QED) is 0.489. The Morgan fingerprint density at radius 3 is 2.75 bits per heavy atom. The van der Waals surface area contributed by atoms with E-state index >= 15 is 0 Å². The Hall–Kier alpha value is -0.430. The van der Waals surface area contributed by atoms with Crippen molar-refractivity contribution in [1.29, 1.82) is 0 Å². The van der Waals surface area contributed by atoms with E-state index < -0.39 is 0 Å². The van der Waals surface area contributed by atoms with Crippen LogP contribution in [0.2, 0.25) is 0 Å². The van der Waals surface area contributed by atoms with Gasteiger partial charge in [0.25, 0.3) is 0 Å². The zero-order valence-electron chi connectivity index (χ0n) is 4.65. The maximum Gasteiger partial charge on any atom is 0.189 e. The normalized spacial score (nSPS) is 18.8. The second kappa shape index (κ2) is 2.23. The van der Waals surface area contributed by atoms with E-state index in [1.807, 2.05) is 19.1 Å². The number of hydrogen-bond donors (Lipinski definition) is 0. The van der Waals surface area contributed by atoms with E-state index in [1.165, 1.54) is 0 Å². The molecule has 0 aromatic carbocycles. The fraction of sp³-hybridized carbons (Fsp3) is 0.333. The number of rotatable bonds is 0. The molecule has 0 radical (unpaired) electrons. The molecule has 0 unspecified atom stereocenters. The highest BCUT2D eigenvalue weighted by Gasteiger charge is 1.98. The predicted molar refractivity (Wildman–Crippen MR) is 33.4 cm³/mol. The van der Waals surface area contributed by atoms with Crippen LogP contribution in [0.3, 0.4) is 0 Å². The standard InChI is InChI=1S/C6H7ClO/c1-5-3-2-4-6(7)8-5/h3-4H,2H2,1H3. The van der Waals surface area contributed by atoms with Crippen molar-refractivity contribution < 1.29 is 4.74 Å². The highest BCUT2D eigenvalue weighted by Crippen LogP contribution is 2.16. The van der Waals surface area contributed by atoms with E-state index in [-0.39, 0.29) is 0 Å². The zero-order valence-corrected chi connectivity index (χ0v) is 5.40. The topological polar surface area (TPSA) is 9.23 Å². The summed E-state index contributed by atoms with van der Waals surface area (Å²) in [5.41, 5.74) is 0. The van der Waals surface area contributed by atoms with Gasteiger partial charge in [-0.05, 0) is 37.1 Å². The SMILES string of the molecule is CC1=CCC=C(Cl)O1. The Morgan fingerprint density at radius 1 is 1.62 bits per heavy atom. The van der Waals surface area contributed by atoms with E-state index in [2.05, 4.69) is 0 Å². The lowest BCUT2D eigenvalue weighted by Gasteiger charge is -2.06. The van der Waals surface area contributed by atoms with Crippen molar-refractivity contribution in [3.05, 3.63) is 23.1 Å². The van der Waals surface area contributed by atoms with Crippen LogP contribution in [0, 0.1) is 0 Å². The van der Waals surface area contributed by atoms with Gasteiger partial charge in [-0.15, -0.1) is 0 Å². The summed E-state index contributed by atoms with van der Waals surface area (Å²) in [5, 5.41) is 0.491. The van der Waals surface area contributed by atoms with Crippen LogP contribution in [0.5, 0.6) is 0 Å². The second-order valence-electron chi connectivity index (χ2n) is 1.66. The van der Waals surface area contributed by atoms with Gasteiger partial charge in [-0.2, -0.15) is 0 Å². The van der Waals surface area contributed by atoms with Crippen LogP contribution in [0.4, 0.5) is 0 Å². The smallest absolute Gasteiger partial charge is 0.189 e. The molecular formula is C6H7ClO. The third-order valence-corrected chi connectivity index (χ3v) is 1.17. The van der Waals surface area contributed by atoms with Crippen molar-refractivity contribution >= 4 is 11.6 Å². The van der Waals surface area contributed by atoms with Crippen molar-refractivity contribution in [3.8, 4) is 0 Å². The molecule has 0 aromatic rings. The van der Waals surface area contributed by atoms with Gasteiger partial charge in [0, 0.05) is 0 Å². The molecular weight excluding hydrogens is 124 g/mol. The highest BCUT2D eigenvalue weighted by atomic mass is 35.5. The van der Waals surface area contributed by atoms with Gasteiger partial charge < -0.3 is 4.74 Å². The summed E-state index contributed by atoms with van der Waals surface area (Å²) in [7, 11) is 0. The second-order valence-corrected chi connectivity index (χ2v) is 2.03. The maximum absolute atomic E-state index is 5.51. The van der Waals surface area contributed by atoms with Crippen molar-refractivity contribution in [3.63, 3.8) is 0 Å². The molecule has 0 amide bonds. The lowest BCUT2D eigenvalue weighted by atomic mass is 10.3. The molecule has 1 aliphatic rings. The molecule has 1 nitrogen and oxygen atoms in total. The first-order valence-corrected chi connectivity index (χ1v) is 2.87. The van der Waals surface area contributed by atoms with Crippen LogP contribution in [0.1, 0.15) is 13.3 Å². The first-order chi connectivity index (χ1) is 3.79. The Labute approximate surface area is 53.6 Å². The van der Waals surface area contributed by atoms with Gasteiger partial charge in [-0.3, -0.25) is 0 Å². The van der Waals surface area contributed by atoms with Crippen molar-refractivity contribution in [2.75, 3.05) is 0 Å². The number of hydrogen-bond acceptors (Lipinski definition) is 1. The van der Waals surface area contributed by atoms with E-state index in [0.717, 1.165) is 12.2 Å². The number of allylic oxidation sites excluding steroid dienone is 3. The molecule has 2 heteroatoms. The summed E-state index contributed by atoms with van der Waals surface area (Å²) in [6.45, 7) is 1.88. The number of halogens is 1. The third kappa shape index (κ3) is 1.27. The van der Waals surface area contributed by atoms with Crippen LogP contribution in [-0.4, -0.2) is 0 Å². The first-order valence-electron chi connectivity index (χ1n) is 2.49. The molecule has 0 fully saturated rings.